The lowest BCUT2D eigenvalue weighted by Crippen LogP contribution is -2.41. The minimum atomic E-state index is -0.525. The van der Waals surface area contributed by atoms with Crippen molar-refractivity contribution in [2.45, 2.75) is 45.3 Å². The Morgan fingerprint density at radius 2 is 1.70 bits per heavy atom. The summed E-state index contributed by atoms with van der Waals surface area (Å²) in [6.07, 6.45) is 3.10. The van der Waals surface area contributed by atoms with Gasteiger partial charge in [-0.3, -0.25) is 9.69 Å². The van der Waals surface area contributed by atoms with Crippen molar-refractivity contribution in [3.63, 3.8) is 0 Å². The lowest BCUT2D eigenvalue weighted by Gasteiger charge is -2.30. The molecule has 1 aliphatic rings. The van der Waals surface area contributed by atoms with Crippen molar-refractivity contribution < 1.29 is 4.79 Å². The van der Waals surface area contributed by atoms with Crippen molar-refractivity contribution in [2.75, 3.05) is 13.1 Å². The summed E-state index contributed by atoms with van der Waals surface area (Å²) >= 11 is 0. The largest absolute Gasteiger partial charge is 0.351 e. The first-order chi connectivity index (χ1) is 13.1. The van der Waals surface area contributed by atoms with Crippen LogP contribution in [0.25, 0.3) is 0 Å². The van der Waals surface area contributed by atoms with Gasteiger partial charge < -0.3 is 11.1 Å². The van der Waals surface area contributed by atoms with Crippen LogP contribution < -0.4 is 11.1 Å². The quantitative estimate of drug-likeness (QED) is 0.793. The monoisotopic (exact) mass is 365 g/mol. The maximum Gasteiger partial charge on any atom is 0.237 e. The van der Waals surface area contributed by atoms with Gasteiger partial charge in [0.2, 0.25) is 5.91 Å². The number of nitrogens with zero attached hydrogens (tertiary/aromatic N) is 1. The molecule has 3 N–H and O–H groups in total. The molecule has 0 bridgehead atoms. The molecule has 3 rings (SSSR count). The second kappa shape index (κ2) is 9.67. The van der Waals surface area contributed by atoms with Crippen LogP contribution in [0.2, 0.25) is 0 Å². The SMILES string of the molecule is CC1CCN(Cc2ccccc2CNC(=O)C(N)Cc2ccccc2)CC1. The summed E-state index contributed by atoms with van der Waals surface area (Å²) in [5.74, 6) is 0.738. The zero-order valence-corrected chi connectivity index (χ0v) is 16.2. The van der Waals surface area contributed by atoms with Crippen LogP contribution >= 0.6 is 0 Å². The summed E-state index contributed by atoms with van der Waals surface area (Å²) in [5, 5.41) is 3.02. The van der Waals surface area contributed by atoms with Crippen molar-refractivity contribution in [1.29, 1.82) is 0 Å². The molecule has 1 saturated heterocycles. The summed E-state index contributed by atoms with van der Waals surface area (Å²) in [5.41, 5.74) is 9.65. The Balaban J connectivity index is 1.53. The number of hydrogen-bond acceptors (Lipinski definition) is 3. The Kier molecular flexibility index (Phi) is 7.02. The maximum atomic E-state index is 12.4. The van der Waals surface area contributed by atoms with Gasteiger partial charge in [0.25, 0.3) is 0 Å². The molecule has 1 amide bonds. The minimum absolute atomic E-state index is 0.0968. The van der Waals surface area contributed by atoms with Crippen LogP contribution in [0, 0.1) is 5.92 Å². The van der Waals surface area contributed by atoms with Crippen LogP contribution in [0.3, 0.4) is 0 Å². The average Bonchev–Trinajstić information content (AvgIpc) is 2.69. The van der Waals surface area contributed by atoms with Gasteiger partial charge in [0, 0.05) is 13.1 Å². The molecule has 1 fully saturated rings. The van der Waals surface area contributed by atoms with E-state index in [9.17, 15) is 4.79 Å². The van der Waals surface area contributed by atoms with E-state index in [1.165, 1.54) is 24.0 Å². The molecule has 1 heterocycles. The Morgan fingerprint density at radius 1 is 1.07 bits per heavy atom. The van der Waals surface area contributed by atoms with Crippen molar-refractivity contribution in [3.05, 3.63) is 71.3 Å². The lowest BCUT2D eigenvalue weighted by atomic mass is 9.98. The Morgan fingerprint density at radius 3 is 2.41 bits per heavy atom. The molecule has 0 aliphatic carbocycles. The number of piperidine rings is 1. The van der Waals surface area contributed by atoms with Gasteiger partial charge in [-0.25, -0.2) is 0 Å². The van der Waals surface area contributed by atoms with E-state index in [0.29, 0.717) is 13.0 Å². The molecule has 0 aromatic heterocycles. The second-order valence-electron chi connectivity index (χ2n) is 7.74. The predicted molar refractivity (Wildman–Crippen MR) is 110 cm³/mol. The van der Waals surface area contributed by atoms with E-state index in [1.807, 2.05) is 36.4 Å². The number of hydrogen-bond donors (Lipinski definition) is 2. The van der Waals surface area contributed by atoms with Crippen LogP contribution in [0.15, 0.2) is 54.6 Å². The first kappa shape index (κ1) is 19.6. The van der Waals surface area contributed by atoms with Crippen LogP contribution in [0.5, 0.6) is 0 Å². The number of benzene rings is 2. The number of amides is 1. The van der Waals surface area contributed by atoms with Crippen LogP contribution in [0.1, 0.15) is 36.5 Å². The van der Waals surface area contributed by atoms with Gasteiger partial charge >= 0.3 is 0 Å². The van der Waals surface area contributed by atoms with Gasteiger partial charge in [-0.1, -0.05) is 61.5 Å². The number of rotatable bonds is 7. The summed E-state index contributed by atoms with van der Waals surface area (Å²) in [6, 6.07) is 17.8. The molecule has 2 aromatic rings. The lowest BCUT2D eigenvalue weighted by molar-refractivity contribution is -0.122. The van der Waals surface area contributed by atoms with Crippen LogP contribution in [0.4, 0.5) is 0 Å². The van der Waals surface area contributed by atoms with Crippen LogP contribution in [-0.2, 0) is 24.3 Å². The maximum absolute atomic E-state index is 12.4. The minimum Gasteiger partial charge on any atom is -0.351 e. The van der Waals surface area contributed by atoms with E-state index >= 15 is 0 Å². The summed E-state index contributed by atoms with van der Waals surface area (Å²) < 4.78 is 0. The van der Waals surface area contributed by atoms with E-state index in [1.54, 1.807) is 0 Å². The van der Waals surface area contributed by atoms with E-state index in [4.69, 9.17) is 5.73 Å². The van der Waals surface area contributed by atoms with Crippen molar-refractivity contribution >= 4 is 5.91 Å². The molecule has 0 radical (unpaired) electrons. The Labute approximate surface area is 162 Å². The normalized spacial score (nSPS) is 16.8. The fourth-order valence-corrected chi connectivity index (χ4v) is 3.62. The van der Waals surface area contributed by atoms with Crippen LogP contribution in [-0.4, -0.2) is 29.9 Å². The molecule has 27 heavy (non-hydrogen) atoms. The fourth-order valence-electron chi connectivity index (χ4n) is 3.62. The summed E-state index contributed by atoms with van der Waals surface area (Å²) in [6.45, 7) is 6.13. The summed E-state index contributed by atoms with van der Waals surface area (Å²) in [7, 11) is 0. The van der Waals surface area contributed by atoms with Gasteiger partial charge in [-0.15, -0.1) is 0 Å². The van der Waals surface area contributed by atoms with E-state index < -0.39 is 6.04 Å². The molecular formula is C23H31N3O. The third kappa shape index (κ3) is 5.91. The van der Waals surface area contributed by atoms with E-state index in [0.717, 1.165) is 31.1 Å². The molecule has 4 nitrogen and oxygen atoms in total. The topological polar surface area (TPSA) is 58.4 Å². The third-order valence-corrected chi connectivity index (χ3v) is 5.48. The predicted octanol–water partition coefficient (Wildman–Crippen LogP) is 3.10. The zero-order valence-electron chi connectivity index (χ0n) is 16.2. The van der Waals surface area contributed by atoms with Gasteiger partial charge in [-0.05, 0) is 55.0 Å². The highest BCUT2D eigenvalue weighted by Gasteiger charge is 2.18. The van der Waals surface area contributed by atoms with Gasteiger partial charge in [-0.2, -0.15) is 0 Å². The third-order valence-electron chi connectivity index (χ3n) is 5.48. The van der Waals surface area contributed by atoms with E-state index in [2.05, 4.69) is 35.3 Å². The highest BCUT2D eigenvalue weighted by molar-refractivity contribution is 5.81. The van der Waals surface area contributed by atoms with Gasteiger partial charge in [0.15, 0.2) is 0 Å². The van der Waals surface area contributed by atoms with Crippen molar-refractivity contribution in [2.24, 2.45) is 11.7 Å². The Hall–Kier alpha value is -2.17. The molecule has 2 aromatic carbocycles. The molecule has 1 atom stereocenters. The first-order valence-electron chi connectivity index (χ1n) is 9.98. The molecule has 0 spiro atoms. The smallest absolute Gasteiger partial charge is 0.237 e. The summed E-state index contributed by atoms with van der Waals surface area (Å²) in [4.78, 5) is 14.9. The number of nitrogens with two attached hydrogens (primary N) is 1. The molecular weight excluding hydrogens is 334 g/mol. The number of likely N-dealkylation sites (tertiary alicyclic amines) is 1. The van der Waals surface area contributed by atoms with Gasteiger partial charge in [0.1, 0.15) is 0 Å². The van der Waals surface area contributed by atoms with Gasteiger partial charge in [0.05, 0.1) is 6.04 Å². The van der Waals surface area contributed by atoms with E-state index in [-0.39, 0.29) is 5.91 Å². The highest BCUT2D eigenvalue weighted by Crippen LogP contribution is 2.19. The number of nitrogens with one attached hydrogen (secondary N) is 1. The molecule has 1 aliphatic heterocycles. The standard InChI is InChI=1S/C23H31N3O/c1-18-11-13-26(14-12-18)17-21-10-6-5-9-20(21)16-25-23(27)22(24)15-19-7-3-2-4-8-19/h2-10,18,22H,11-17,24H2,1H3,(H,25,27). The highest BCUT2D eigenvalue weighted by atomic mass is 16.2. The zero-order chi connectivity index (χ0) is 19.1. The molecule has 0 saturated carbocycles. The molecule has 144 valence electrons. The number of carbonyl (C=O) groups excluding carboxylic acids is 1. The number of carbonyl (C=O) groups is 1. The average molecular weight is 366 g/mol. The fraction of sp³-hybridized carbons (Fsp3) is 0.435. The van der Waals surface area contributed by atoms with Crippen molar-refractivity contribution in [1.82, 2.24) is 10.2 Å². The molecule has 1 unspecified atom stereocenters. The molecule has 4 heteroatoms. The second-order valence-corrected chi connectivity index (χ2v) is 7.74. The first-order valence-corrected chi connectivity index (χ1v) is 9.98. The van der Waals surface area contributed by atoms with Crippen molar-refractivity contribution in [3.8, 4) is 0 Å². The Bertz CT molecular complexity index is 723.